The molecule has 1 aromatic rings. The minimum absolute atomic E-state index is 0.189. The average Bonchev–Trinajstić information content (AvgIpc) is 2.76. The number of hydrogen-bond acceptors (Lipinski definition) is 3. The first kappa shape index (κ1) is 11.2. The second-order valence-electron chi connectivity index (χ2n) is 4.28. The first-order valence-corrected chi connectivity index (χ1v) is 6.08. The Morgan fingerprint density at radius 2 is 2.53 bits per heavy atom. The summed E-state index contributed by atoms with van der Waals surface area (Å²) in [5.74, 6) is 0.431. The van der Waals surface area contributed by atoms with Crippen molar-refractivity contribution in [1.29, 1.82) is 0 Å². The van der Waals surface area contributed by atoms with E-state index in [1.54, 1.807) is 6.26 Å². The fraction of sp³-hybridized carbons (Fsp3) is 0.636. The van der Waals surface area contributed by atoms with E-state index in [-0.39, 0.29) is 6.10 Å². The minimum Gasteiger partial charge on any atom is -0.457 e. The molecule has 15 heavy (non-hydrogen) atoms. The van der Waals surface area contributed by atoms with Crippen LogP contribution in [0.4, 0.5) is 0 Å². The molecule has 0 saturated carbocycles. The largest absolute Gasteiger partial charge is 0.457 e. The van der Waals surface area contributed by atoms with Gasteiger partial charge in [0.15, 0.2) is 4.67 Å². The van der Waals surface area contributed by atoms with Crippen LogP contribution in [0.5, 0.6) is 0 Å². The molecule has 1 aromatic heterocycles. The fourth-order valence-electron chi connectivity index (χ4n) is 2.09. The molecule has 1 aliphatic rings. The summed E-state index contributed by atoms with van der Waals surface area (Å²) in [6, 6.07) is 2.00. The molecule has 1 aliphatic heterocycles. The molecule has 2 heterocycles. The Bertz CT molecular complexity index is 324. The second-order valence-corrected chi connectivity index (χ2v) is 5.07. The molecule has 84 valence electrons. The zero-order valence-corrected chi connectivity index (χ0v) is 10.4. The van der Waals surface area contributed by atoms with Crippen LogP contribution < -0.4 is 0 Å². The van der Waals surface area contributed by atoms with Crippen LogP contribution in [0.25, 0.3) is 0 Å². The highest BCUT2D eigenvalue weighted by molar-refractivity contribution is 9.10. The number of aliphatic hydroxyl groups is 1. The summed E-state index contributed by atoms with van der Waals surface area (Å²) >= 11 is 3.29. The Hall–Kier alpha value is -0.320. The maximum atomic E-state index is 9.49. The van der Waals surface area contributed by atoms with Crippen LogP contribution in [0.3, 0.4) is 0 Å². The normalized spacial score (nSPS) is 24.6. The number of furan rings is 1. The highest BCUT2D eigenvalue weighted by atomic mass is 79.9. The molecule has 0 aliphatic carbocycles. The van der Waals surface area contributed by atoms with Gasteiger partial charge in [-0.05, 0) is 47.8 Å². The highest BCUT2D eigenvalue weighted by Crippen LogP contribution is 2.23. The molecule has 4 heteroatoms. The van der Waals surface area contributed by atoms with Crippen molar-refractivity contribution in [1.82, 2.24) is 4.90 Å². The lowest BCUT2D eigenvalue weighted by Crippen LogP contribution is -2.23. The molecule has 2 atom stereocenters. The number of aliphatic hydroxyl groups excluding tert-OH is 1. The Morgan fingerprint density at radius 3 is 3.07 bits per heavy atom. The third-order valence-corrected chi connectivity index (χ3v) is 3.43. The van der Waals surface area contributed by atoms with Gasteiger partial charge in [-0.25, -0.2) is 0 Å². The van der Waals surface area contributed by atoms with Crippen molar-refractivity contribution < 1.29 is 9.52 Å². The smallest absolute Gasteiger partial charge is 0.169 e. The number of rotatable bonds is 3. The van der Waals surface area contributed by atoms with Crippen LogP contribution in [0.1, 0.15) is 18.9 Å². The summed E-state index contributed by atoms with van der Waals surface area (Å²) in [5, 5.41) is 9.49. The van der Waals surface area contributed by atoms with Crippen molar-refractivity contribution in [2.24, 2.45) is 5.92 Å². The fourth-order valence-corrected chi connectivity index (χ4v) is 2.47. The van der Waals surface area contributed by atoms with Gasteiger partial charge in [-0.2, -0.15) is 0 Å². The molecule has 1 N–H and O–H groups in total. The second kappa shape index (κ2) is 4.68. The lowest BCUT2D eigenvalue weighted by molar-refractivity contribution is 0.127. The Labute approximate surface area is 98.2 Å². The van der Waals surface area contributed by atoms with Crippen LogP contribution in [-0.4, -0.2) is 29.2 Å². The third-order valence-electron chi connectivity index (χ3n) is 3.02. The van der Waals surface area contributed by atoms with E-state index in [1.165, 1.54) is 5.56 Å². The van der Waals surface area contributed by atoms with Crippen molar-refractivity contribution in [3.63, 3.8) is 0 Å². The van der Waals surface area contributed by atoms with Crippen molar-refractivity contribution in [2.45, 2.75) is 26.0 Å². The van der Waals surface area contributed by atoms with E-state index < -0.39 is 0 Å². The summed E-state index contributed by atoms with van der Waals surface area (Å²) in [5.41, 5.74) is 1.19. The van der Waals surface area contributed by atoms with Crippen LogP contribution in [0.2, 0.25) is 0 Å². The summed E-state index contributed by atoms with van der Waals surface area (Å²) in [6.45, 7) is 4.85. The molecule has 0 radical (unpaired) electrons. The Kier molecular flexibility index (Phi) is 3.49. The maximum absolute atomic E-state index is 9.49. The van der Waals surface area contributed by atoms with E-state index in [0.29, 0.717) is 5.92 Å². The molecule has 0 bridgehead atoms. The van der Waals surface area contributed by atoms with Gasteiger partial charge >= 0.3 is 0 Å². The number of likely N-dealkylation sites (tertiary alicyclic amines) is 1. The van der Waals surface area contributed by atoms with Crippen LogP contribution in [0, 0.1) is 5.92 Å². The molecule has 3 nitrogen and oxygen atoms in total. The van der Waals surface area contributed by atoms with Crippen molar-refractivity contribution >= 4 is 15.9 Å². The molecular weight excluding hydrogens is 258 g/mol. The highest BCUT2D eigenvalue weighted by Gasteiger charge is 2.25. The van der Waals surface area contributed by atoms with E-state index in [4.69, 9.17) is 4.42 Å². The summed E-state index contributed by atoms with van der Waals surface area (Å²) in [4.78, 5) is 2.36. The van der Waals surface area contributed by atoms with Crippen molar-refractivity contribution in [3.8, 4) is 0 Å². The number of hydrogen-bond donors (Lipinski definition) is 1. The zero-order valence-electron chi connectivity index (χ0n) is 8.82. The van der Waals surface area contributed by atoms with Crippen LogP contribution >= 0.6 is 15.9 Å². The van der Waals surface area contributed by atoms with Gasteiger partial charge in [0.25, 0.3) is 0 Å². The zero-order chi connectivity index (χ0) is 10.8. The summed E-state index contributed by atoms with van der Waals surface area (Å²) in [7, 11) is 0. The number of nitrogens with zero attached hydrogens (tertiary/aromatic N) is 1. The summed E-state index contributed by atoms with van der Waals surface area (Å²) in [6.07, 6.45) is 2.68. The molecule has 2 rings (SSSR count). The maximum Gasteiger partial charge on any atom is 0.169 e. The SMILES string of the molecule is CC(O)C1CCN(Cc2coc(Br)c2)C1. The topological polar surface area (TPSA) is 36.6 Å². The molecule has 0 aromatic carbocycles. The molecule has 0 amide bonds. The first-order chi connectivity index (χ1) is 7.15. The first-order valence-electron chi connectivity index (χ1n) is 5.28. The summed E-state index contributed by atoms with van der Waals surface area (Å²) < 4.78 is 5.97. The van der Waals surface area contributed by atoms with E-state index in [0.717, 1.165) is 30.7 Å². The standard InChI is InChI=1S/C11H16BrNO2/c1-8(14)10-2-3-13(6-10)5-9-4-11(12)15-7-9/h4,7-8,10,14H,2-3,5-6H2,1H3. The van der Waals surface area contributed by atoms with E-state index in [1.807, 2.05) is 13.0 Å². The molecule has 2 unspecified atom stereocenters. The van der Waals surface area contributed by atoms with E-state index in [9.17, 15) is 5.11 Å². The predicted octanol–water partition coefficient (Wildman–Crippen LogP) is 2.24. The van der Waals surface area contributed by atoms with Gasteiger partial charge in [0.1, 0.15) is 0 Å². The third kappa shape index (κ3) is 2.83. The molecule has 1 fully saturated rings. The molecule has 1 saturated heterocycles. The van der Waals surface area contributed by atoms with Crippen LogP contribution in [0.15, 0.2) is 21.4 Å². The molecule has 0 spiro atoms. The monoisotopic (exact) mass is 273 g/mol. The van der Waals surface area contributed by atoms with Gasteiger partial charge in [-0.3, -0.25) is 4.90 Å². The Balaban J connectivity index is 1.87. The van der Waals surface area contributed by atoms with E-state index in [2.05, 4.69) is 20.8 Å². The van der Waals surface area contributed by atoms with Gasteiger partial charge in [-0.1, -0.05) is 0 Å². The van der Waals surface area contributed by atoms with Gasteiger partial charge in [0.05, 0.1) is 12.4 Å². The Morgan fingerprint density at radius 1 is 1.73 bits per heavy atom. The molecular formula is C11H16BrNO2. The van der Waals surface area contributed by atoms with Gasteiger partial charge in [-0.15, -0.1) is 0 Å². The lowest BCUT2D eigenvalue weighted by atomic mass is 10.0. The van der Waals surface area contributed by atoms with E-state index >= 15 is 0 Å². The predicted molar refractivity (Wildman–Crippen MR) is 61.5 cm³/mol. The average molecular weight is 274 g/mol. The van der Waals surface area contributed by atoms with Crippen LogP contribution in [-0.2, 0) is 6.54 Å². The number of halogens is 1. The van der Waals surface area contributed by atoms with Gasteiger partial charge in [0.2, 0.25) is 0 Å². The van der Waals surface area contributed by atoms with Gasteiger partial charge in [0, 0.05) is 18.7 Å². The quantitative estimate of drug-likeness (QED) is 0.918. The van der Waals surface area contributed by atoms with Crippen molar-refractivity contribution in [2.75, 3.05) is 13.1 Å². The minimum atomic E-state index is -0.189. The lowest BCUT2D eigenvalue weighted by Gasteiger charge is -2.16. The van der Waals surface area contributed by atoms with Gasteiger partial charge < -0.3 is 9.52 Å². The van der Waals surface area contributed by atoms with Crippen molar-refractivity contribution in [3.05, 3.63) is 22.6 Å².